The van der Waals surface area contributed by atoms with Crippen LogP contribution in [0, 0.1) is 0 Å². The van der Waals surface area contributed by atoms with E-state index < -0.39 is 0 Å². The minimum Gasteiger partial charge on any atom is -0.384 e. The first-order chi connectivity index (χ1) is 10.2. The molecule has 2 rings (SSSR count). The topological polar surface area (TPSA) is 41.6 Å². The van der Waals surface area contributed by atoms with Crippen molar-refractivity contribution < 1.29 is 9.53 Å². The Hall–Kier alpha value is -1.20. The van der Waals surface area contributed by atoms with Gasteiger partial charge in [-0.05, 0) is 37.0 Å². The largest absolute Gasteiger partial charge is 0.384 e. The van der Waals surface area contributed by atoms with Gasteiger partial charge < -0.3 is 15.0 Å². The molecule has 2 amide bonds. The molecule has 1 aromatic carbocycles. The van der Waals surface area contributed by atoms with E-state index in [1.807, 2.05) is 41.9 Å². The van der Waals surface area contributed by atoms with Crippen LogP contribution in [0.4, 0.5) is 10.5 Å². The molecule has 1 fully saturated rings. The van der Waals surface area contributed by atoms with Crippen LogP contribution in [0.3, 0.4) is 0 Å². The summed E-state index contributed by atoms with van der Waals surface area (Å²) in [6, 6.07) is 8.47. The van der Waals surface area contributed by atoms with Gasteiger partial charge in [-0.25, -0.2) is 4.79 Å². The standard InChI is InChI=1S/C16H24N2O2S/c1-18(15-7-4-8-15)16(19)17-14-6-3-5-13(11-14)12-21-10-9-20-2/h3,5-6,11,15H,4,7-10,12H2,1-2H3,(H,17,19). The van der Waals surface area contributed by atoms with Crippen LogP contribution in [0.1, 0.15) is 24.8 Å². The third kappa shape index (κ3) is 4.93. The van der Waals surface area contributed by atoms with E-state index in [0.717, 1.165) is 36.6 Å². The molecule has 21 heavy (non-hydrogen) atoms. The number of anilines is 1. The number of ether oxygens (including phenoxy) is 1. The number of nitrogens with one attached hydrogen (secondary N) is 1. The van der Waals surface area contributed by atoms with E-state index >= 15 is 0 Å². The van der Waals surface area contributed by atoms with Crippen LogP contribution >= 0.6 is 11.8 Å². The van der Waals surface area contributed by atoms with Crippen LogP contribution in [-0.4, -0.2) is 43.5 Å². The number of carbonyl (C=O) groups is 1. The molecule has 0 atom stereocenters. The highest BCUT2D eigenvalue weighted by Crippen LogP contribution is 2.24. The molecule has 116 valence electrons. The molecule has 1 N–H and O–H groups in total. The first kappa shape index (κ1) is 16.2. The number of hydrogen-bond donors (Lipinski definition) is 1. The number of benzene rings is 1. The number of rotatable bonds is 7. The van der Waals surface area contributed by atoms with Gasteiger partial charge in [-0.15, -0.1) is 0 Å². The van der Waals surface area contributed by atoms with Gasteiger partial charge in [0, 0.05) is 37.4 Å². The van der Waals surface area contributed by atoms with Gasteiger partial charge in [0.1, 0.15) is 0 Å². The van der Waals surface area contributed by atoms with Gasteiger partial charge in [-0.3, -0.25) is 0 Å². The van der Waals surface area contributed by atoms with Crippen LogP contribution in [0.5, 0.6) is 0 Å². The number of methoxy groups -OCH3 is 1. The molecular weight excluding hydrogens is 284 g/mol. The second-order valence-electron chi connectivity index (χ2n) is 5.37. The number of urea groups is 1. The van der Waals surface area contributed by atoms with Crippen molar-refractivity contribution in [2.45, 2.75) is 31.1 Å². The minimum absolute atomic E-state index is 0.0103. The summed E-state index contributed by atoms with van der Waals surface area (Å²) in [7, 11) is 3.60. The molecule has 4 nitrogen and oxygen atoms in total. The Labute approximate surface area is 131 Å². The average Bonchev–Trinajstić information content (AvgIpc) is 2.42. The molecule has 0 bridgehead atoms. The molecule has 0 spiro atoms. The monoisotopic (exact) mass is 308 g/mol. The molecule has 1 aliphatic rings. The molecule has 0 aromatic heterocycles. The Morgan fingerprint density at radius 3 is 2.95 bits per heavy atom. The van der Waals surface area contributed by atoms with Crippen molar-refractivity contribution in [3.05, 3.63) is 29.8 Å². The Bertz CT molecular complexity index is 463. The molecule has 0 saturated heterocycles. The van der Waals surface area contributed by atoms with Crippen LogP contribution < -0.4 is 5.32 Å². The lowest BCUT2D eigenvalue weighted by Crippen LogP contribution is -2.43. The molecule has 0 radical (unpaired) electrons. The first-order valence-corrected chi connectivity index (χ1v) is 8.55. The summed E-state index contributed by atoms with van der Waals surface area (Å²) in [4.78, 5) is 14.0. The van der Waals surface area contributed by atoms with E-state index in [-0.39, 0.29) is 6.03 Å². The number of carbonyl (C=O) groups excluding carboxylic acids is 1. The Balaban J connectivity index is 1.83. The van der Waals surface area contributed by atoms with Crippen molar-refractivity contribution in [1.29, 1.82) is 0 Å². The van der Waals surface area contributed by atoms with Gasteiger partial charge in [0.05, 0.1) is 6.61 Å². The summed E-state index contributed by atoms with van der Waals surface area (Å²) in [5.74, 6) is 1.92. The van der Waals surface area contributed by atoms with Gasteiger partial charge in [0.15, 0.2) is 0 Å². The van der Waals surface area contributed by atoms with E-state index in [2.05, 4.69) is 11.4 Å². The quantitative estimate of drug-likeness (QED) is 0.783. The lowest BCUT2D eigenvalue weighted by molar-refractivity contribution is 0.169. The summed E-state index contributed by atoms with van der Waals surface area (Å²) < 4.78 is 5.04. The maximum absolute atomic E-state index is 12.2. The molecule has 0 aliphatic heterocycles. The highest BCUT2D eigenvalue weighted by Gasteiger charge is 2.25. The van der Waals surface area contributed by atoms with Crippen LogP contribution in [0.25, 0.3) is 0 Å². The highest BCUT2D eigenvalue weighted by atomic mass is 32.2. The van der Waals surface area contributed by atoms with E-state index in [1.54, 1.807) is 7.11 Å². The van der Waals surface area contributed by atoms with Crippen molar-refractivity contribution in [3.63, 3.8) is 0 Å². The summed E-state index contributed by atoms with van der Waals surface area (Å²) in [5.41, 5.74) is 2.09. The average molecular weight is 308 g/mol. The fraction of sp³-hybridized carbons (Fsp3) is 0.562. The fourth-order valence-corrected chi connectivity index (χ4v) is 3.07. The molecule has 0 heterocycles. The predicted molar refractivity (Wildman–Crippen MR) is 88.9 cm³/mol. The minimum atomic E-state index is -0.0103. The first-order valence-electron chi connectivity index (χ1n) is 7.40. The van der Waals surface area contributed by atoms with Gasteiger partial charge >= 0.3 is 6.03 Å². The van der Waals surface area contributed by atoms with Crippen molar-refractivity contribution in [2.75, 3.05) is 31.8 Å². The second kappa shape index (κ2) is 8.29. The Kier molecular flexibility index (Phi) is 6.39. The molecule has 1 aromatic rings. The second-order valence-corrected chi connectivity index (χ2v) is 6.48. The van der Waals surface area contributed by atoms with Crippen LogP contribution in [0.15, 0.2) is 24.3 Å². The molecule has 5 heteroatoms. The lowest BCUT2D eigenvalue weighted by atomic mass is 9.92. The SMILES string of the molecule is COCCSCc1cccc(NC(=O)N(C)C2CCC2)c1. The van der Waals surface area contributed by atoms with Crippen LogP contribution in [0.2, 0.25) is 0 Å². The summed E-state index contributed by atoms with van der Waals surface area (Å²) >= 11 is 1.83. The summed E-state index contributed by atoms with van der Waals surface area (Å²) in [6.45, 7) is 0.771. The zero-order chi connectivity index (χ0) is 15.1. The maximum atomic E-state index is 12.2. The Morgan fingerprint density at radius 1 is 1.48 bits per heavy atom. The third-order valence-corrected chi connectivity index (χ3v) is 4.81. The van der Waals surface area contributed by atoms with Gasteiger partial charge in [-0.1, -0.05) is 12.1 Å². The smallest absolute Gasteiger partial charge is 0.321 e. The normalized spacial score (nSPS) is 14.6. The van der Waals surface area contributed by atoms with E-state index in [4.69, 9.17) is 4.74 Å². The summed E-state index contributed by atoms with van der Waals surface area (Å²) in [5, 5.41) is 2.99. The van der Waals surface area contributed by atoms with Crippen molar-refractivity contribution in [1.82, 2.24) is 4.90 Å². The van der Waals surface area contributed by atoms with Gasteiger partial charge in [-0.2, -0.15) is 11.8 Å². The van der Waals surface area contributed by atoms with Gasteiger partial charge in [0.2, 0.25) is 0 Å². The summed E-state index contributed by atoms with van der Waals surface area (Å²) in [6.07, 6.45) is 3.48. The third-order valence-electron chi connectivity index (χ3n) is 3.82. The zero-order valence-corrected chi connectivity index (χ0v) is 13.6. The predicted octanol–water partition coefficient (Wildman–Crippen LogP) is 3.58. The fourth-order valence-electron chi connectivity index (χ4n) is 2.22. The number of nitrogens with zero attached hydrogens (tertiary/aromatic N) is 1. The molecule has 0 unspecified atom stereocenters. The van der Waals surface area contributed by atoms with E-state index in [1.165, 1.54) is 12.0 Å². The van der Waals surface area contributed by atoms with Crippen LogP contribution in [-0.2, 0) is 10.5 Å². The molecule has 1 saturated carbocycles. The van der Waals surface area contributed by atoms with E-state index in [9.17, 15) is 4.79 Å². The van der Waals surface area contributed by atoms with Crippen molar-refractivity contribution in [2.24, 2.45) is 0 Å². The number of amides is 2. The van der Waals surface area contributed by atoms with Gasteiger partial charge in [0.25, 0.3) is 0 Å². The van der Waals surface area contributed by atoms with Crippen molar-refractivity contribution in [3.8, 4) is 0 Å². The Morgan fingerprint density at radius 2 is 2.29 bits per heavy atom. The van der Waals surface area contributed by atoms with E-state index in [0.29, 0.717) is 6.04 Å². The maximum Gasteiger partial charge on any atom is 0.321 e. The highest BCUT2D eigenvalue weighted by molar-refractivity contribution is 7.98. The zero-order valence-electron chi connectivity index (χ0n) is 12.8. The number of thioether (sulfide) groups is 1. The van der Waals surface area contributed by atoms with Crippen molar-refractivity contribution >= 4 is 23.5 Å². The lowest BCUT2D eigenvalue weighted by Gasteiger charge is -2.34. The molecule has 1 aliphatic carbocycles. The molecular formula is C16H24N2O2S. The number of hydrogen-bond acceptors (Lipinski definition) is 3.